The second-order valence-electron chi connectivity index (χ2n) is 2.76. The molecule has 0 radical (unpaired) electrons. The Morgan fingerprint density at radius 3 is 2.67 bits per heavy atom. The third kappa shape index (κ3) is 1.78. The van der Waals surface area contributed by atoms with Crippen molar-refractivity contribution in [3.8, 4) is 0 Å². The second-order valence-corrected chi connectivity index (χ2v) is 2.76. The van der Waals surface area contributed by atoms with Crippen molar-refractivity contribution in [2.24, 2.45) is 5.16 Å². The van der Waals surface area contributed by atoms with Crippen LogP contribution in [0.2, 0.25) is 0 Å². The Kier molecular flexibility index (Phi) is 2.32. The molecule has 0 spiro atoms. The Bertz CT molecular complexity index is 527. The number of benzene rings is 1. The quantitative estimate of drug-likeness (QED) is 0.426. The molecule has 1 aromatic heterocycles. The van der Waals surface area contributed by atoms with E-state index in [0.29, 0.717) is 5.56 Å². The molecule has 1 heterocycles. The first kappa shape index (κ1) is 9.20. The van der Waals surface area contributed by atoms with Gasteiger partial charge in [-0.3, -0.25) is 9.51 Å². The molecule has 0 aliphatic rings. The Labute approximate surface area is 83.8 Å². The van der Waals surface area contributed by atoms with E-state index >= 15 is 0 Å². The van der Waals surface area contributed by atoms with Crippen molar-refractivity contribution in [2.45, 2.75) is 0 Å². The normalized spacial score (nSPS) is 11.6. The summed E-state index contributed by atoms with van der Waals surface area (Å²) in [5.74, 6) is -0.601. The van der Waals surface area contributed by atoms with Crippen LogP contribution < -0.4 is 5.76 Å². The molecule has 0 aliphatic carbocycles. The number of rotatable bonds is 2. The average Bonchev–Trinajstić information content (AvgIpc) is 2.68. The van der Waals surface area contributed by atoms with E-state index in [1.807, 2.05) is 6.07 Å². The summed E-state index contributed by atoms with van der Waals surface area (Å²) in [5, 5.41) is 15.3. The van der Waals surface area contributed by atoms with E-state index in [0.717, 1.165) is 0 Å². The van der Waals surface area contributed by atoms with E-state index in [-0.39, 0.29) is 11.5 Å². The lowest BCUT2D eigenvalue weighted by Gasteiger charge is -1.98. The van der Waals surface area contributed by atoms with Crippen LogP contribution in [0.1, 0.15) is 11.4 Å². The molecule has 6 heteroatoms. The minimum atomic E-state index is -0.693. The predicted octanol–water partition coefficient (Wildman–Crippen LogP) is 0.590. The van der Waals surface area contributed by atoms with Gasteiger partial charge in [0.15, 0.2) is 5.71 Å². The maximum absolute atomic E-state index is 10.7. The molecule has 0 bridgehead atoms. The highest BCUT2D eigenvalue weighted by Crippen LogP contribution is 2.05. The lowest BCUT2D eigenvalue weighted by atomic mass is 10.1. The summed E-state index contributed by atoms with van der Waals surface area (Å²) < 4.78 is 4.32. The number of H-pyrrole nitrogens is 1. The van der Waals surface area contributed by atoms with Gasteiger partial charge in [0.25, 0.3) is 0 Å². The van der Waals surface area contributed by atoms with Crippen molar-refractivity contribution >= 4 is 5.71 Å². The topological polar surface area (TPSA) is 91.5 Å². The molecule has 0 saturated carbocycles. The first-order chi connectivity index (χ1) is 7.31. The van der Waals surface area contributed by atoms with Gasteiger partial charge < -0.3 is 5.21 Å². The molecule has 0 atom stereocenters. The first-order valence-electron chi connectivity index (χ1n) is 4.15. The lowest BCUT2D eigenvalue weighted by molar-refractivity contribution is 0.318. The van der Waals surface area contributed by atoms with Crippen LogP contribution in [-0.4, -0.2) is 21.1 Å². The largest absolute Gasteiger partial charge is 0.439 e. The molecular weight excluding hydrogens is 198 g/mol. The summed E-state index contributed by atoms with van der Waals surface area (Å²) >= 11 is 0. The summed E-state index contributed by atoms with van der Waals surface area (Å²) in [6.45, 7) is 0. The van der Waals surface area contributed by atoms with Crippen molar-refractivity contribution in [3.05, 3.63) is 52.3 Å². The fourth-order valence-corrected chi connectivity index (χ4v) is 1.17. The predicted molar refractivity (Wildman–Crippen MR) is 51.0 cm³/mol. The van der Waals surface area contributed by atoms with Crippen LogP contribution in [0.3, 0.4) is 0 Å². The van der Waals surface area contributed by atoms with Gasteiger partial charge in [0, 0.05) is 5.56 Å². The van der Waals surface area contributed by atoms with Crippen molar-refractivity contribution in [1.82, 2.24) is 10.1 Å². The molecule has 0 unspecified atom stereocenters. The second kappa shape index (κ2) is 3.79. The summed E-state index contributed by atoms with van der Waals surface area (Å²) in [4.78, 5) is 13.0. The summed E-state index contributed by atoms with van der Waals surface area (Å²) in [7, 11) is 0. The summed E-state index contributed by atoms with van der Waals surface area (Å²) in [6, 6.07) is 8.82. The van der Waals surface area contributed by atoms with Gasteiger partial charge in [0.1, 0.15) is 0 Å². The standard InChI is InChI=1S/C9H7N3O3/c13-9-10-8(12-15-9)7(11-14)6-4-2-1-3-5-6/h1-5,14H,(H,10,12,13)/b11-7+. The first-order valence-corrected chi connectivity index (χ1v) is 4.15. The van der Waals surface area contributed by atoms with E-state index in [2.05, 4.69) is 19.8 Å². The lowest BCUT2D eigenvalue weighted by Crippen LogP contribution is -2.07. The highest BCUT2D eigenvalue weighted by molar-refractivity contribution is 6.09. The third-order valence-electron chi connectivity index (χ3n) is 1.81. The Morgan fingerprint density at radius 2 is 2.13 bits per heavy atom. The maximum atomic E-state index is 10.7. The number of hydrogen-bond acceptors (Lipinski definition) is 5. The fraction of sp³-hybridized carbons (Fsp3) is 0. The Hall–Kier alpha value is -2.37. The molecule has 0 fully saturated rings. The summed E-state index contributed by atoms with van der Waals surface area (Å²) in [6.07, 6.45) is 0. The zero-order valence-electron chi connectivity index (χ0n) is 7.54. The zero-order chi connectivity index (χ0) is 10.7. The average molecular weight is 205 g/mol. The van der Waals surface area contributed by atoms with Crippen molar-refractivity contribution < 1.29 is 9.73 Å². The van der Waals surface area contributed by atoms with Crippen LogP contribution in [0.25, 0.3) is 0 Å². The molecular formula is C9H7N3O3. The van der Waals surface area contributed by atoms with E-state index in [1.165, 1.54) is 0 Å². The highest BCUT2D eigenvalue weighted by atomic mass is 16.5. The Morgan fingerprint density at radius 1 is 1.40 bits per heavy atom. The molecule has 1 aromatic carbocycles. The van der Waals surface area contributed by atoms with E-state index in [1.54, 1.807) is 24.3 Å². The monoisotopic (exact) mass is 205 g/mol. The minimum absolute atomic E-state index is 0.0914. The SMILES string of the molecule is O=c1[nH]c(/C(=N/O)c2ccccc2)no1. The molecule has 0 amide bonds. The number of aromatic amines is 1. The van der Waals surface area contributed by atoms with Gasteiger partial charge >= 0.3 is 5.76 Å². The number of nitrogens with one attached hydrogen (secondary N) is 1. The third-order valence-corrected chi connectivity index (χ3v) is 1.81. The molecule has 2 aromatic rings. The van der Waals surface area contributed by atoms with Crippen molar-refractivity contribution in [3.63, 3.8) is 0 Å². The number of oxime groups is 1. The van der Waals surface area contributed by atoms with Crippen LogP contribution in [0.15, 0.2) is 44.8 Å². The molecule has 2 rings (SSSR count). The highest BCUT2D eigenvalue weighted by Gasteiger charge is 2.12. The van der Waals surface area contributed by atoms with E-state index < -0.39 is 5.76 Å². The number of nitrogens with zero attached hydrogens (tertiary/aromatic N) is 2. The van der Waals surface area contributed by atoms with Gasteiger partial charge in [0.05, 0.1) is 0 Å². The van der Waals surface area contributed by atoms with E-state index in [4.69, 9.17) is 5.21 Å². The van der Waals surface area contributed by atoms with Crippen LogP contribution in [-0.2, 0) is 0 Å². The van der Waals surface area contributed by atoms with Gasteiger partial charge in [-0.1, -0.05) is 40.6 Å². The maximum Gasteiger partial charge on any atom is 0.439 e. The summed E-state index contributed by atoms with van der Waals surface area (Å²) in [5.41, 5.74) is 0.783. The van der Waals surface area contributed by atoms with E-state index in [9.17, 15) is 4.79 Å². The number of aromatic nitrogens is 2. The minimum Gasteiger partial charge on any atom is -0.410 e. The van der Waals surface area contributed by atoms with Crippen LogP contribution in [0.4, 0.5) is 0 Å². The zero-order valence-corrected chi connectivity index (χ0v) is 7.54. The molecule has 6 nitrogen and oxygen atoms in total. The van der Waals surface area contributed by atoms with Crippen molar-refractivity contribution in [2.75, 3.05) is 0 Å². The smallest absolute Gasteiger partial charge is 0.410 e. The van der Waals surface area contributed by atoms with Crippen LogP contribution >= 0.6 is 0 Å². The van der Waals surface area contributed by atoms with Gasteiger partial charge in [-0.25, -0.2) is 4.79 Å². The number of hydrogen-bond donors (Lipinski definition) is 2. The fourth-order valence-electron chi connectivity index (χ4n) is 1.17. The molecule has 15 heavy (non-hydrogen) atoms. The molecule has 2 N–H and O–H groups in total. The Balaban J connectivity index is 2.47. The van der Waals surface area contributed by atoms with Crippen LogP contribution in [0, 0.1) is 0 Å². The van der Waals surface area contributed by atoms with Gasteiger partial charge in [-0.05, 0) is 0 Å². The molecule has 76 valence electrons. The molecule has 0 aliphatic heterocycles. The van der Waals surface area contributed by atoms with Crippen LogP contribution in [0.5, 0.6) is 0 Å². The van der Waals surface area contributed by atoms with Crippen molar-refractivity contribution in [1.29, 1.82) is 0 Å². The van der Waals surface area contributed by atoms with Gasteiger partial charge in [-0.15, -0.1) is 0 Å². The van der Waals surface area contributed by atoms with Gasteiger partial charge in [0.2, 0.25) is 5.82 Å². The molecule has 0 saturated heterocycles. The van der Waals surface area contributed by atoms with Gasteiger partial charge in [-0.2, -0.15) is 0 Å².